The standard InChI is InChI=1S/C11H16O3/c1-4-6-11(14-3)7-5-9(12)10(8-11)13-2/h4-6,8,12H,7H2,1-3H3. The van der Waals surface area contributed by atoms with E-state index in [1.54, 1.807) is 19.3 Å². The van der Waals surface area contributed by atoms with Gasteiger partial charge in [0.05, 0.1) is 7.11 Å². The van der Waals surface area contributed by atoms with Crippen LogP contribution in [0.15, 0.2) is 35.8 Å². The Morgan fingerprint density at radius 2 is 2.21 bits per heavy atom. The summed E-state index contributed by atoms with van der Waals surface area (Å²) in [5.41, 5.74) is -0.480. The van der Waals surface area contributed by atoms with E-state index < -0.39 is 5.60 Å². The molecule has 3 nitrogen and oxygen atoms in total. The number of ether oxygens (including phenoxy) is 2. The zero-order valence-corrected chi connectivity index (χ0v) is 8.78. The first kappa shape index (κ1) is 10.9. The molecule has 1 atom stereocenters. The lowest BCUT2D eigenvalue weighted by molar-refractivity contribution is 0.0674. The minimum atomic E-state index is -0.480. The SMILES string of the molecule is CC=CC1(OC)C=C(OC)C(O)=CC1. The van der Waals surface area contributed by atoms with E-state index in [0.717, 1.165) is 0 Å². The van der Waals surface area contributed by atoms with Gasteiger partial charge in [-0.3, -0.25) is 0 Å². The minimum Gasteiger partial charge on any atom is -0.504 e. The molecule has 0 aromatic heterocycles. The third-order valence-corrected chi connectivity index (χ3v) is 2.29. The third-order valence-electron chi connectivity index (χ3n) is 2.29. The summed E-state index contributed by atoms with van der Waals surface area (Å²) < 4.78 is 10.4. The van der Waals surface area contributed by atoms with Crippen molar-refractivity contribution in [3.63, 3.8) is 0 Å². The second-order valence-corrected chi connectivity index (χ2v) is 3.17. The summed E-state index contributed by atoms with van der Waals surface area (Å²) in [5, 5.41) is 9.45. The highest BCUT2D eigenvalue weighted by Crippen LogP contribution is 2.29. The van der Waals surface area contributed by atoms with Crippen molar-refractivity contribution in [2.24, 2.45) is 0 Å². The number of hydrogen-bond donors (Lipinski definition) is 1. The van der Waals surface area contributed by atoms with Gasteiger partial charge in [0.15, 0.2) is 11.5 Å². The molecule has 0 aromatic carbocycles. The van der Waals surface area contributed by atoms with Gasteiger partial charge in [0.25, 0.3) is 0 Å². The average Bonchev–Trinajstić information content (AvgIpc) is 2.22. The minimum absolute atomic E-state index is 0.171. The molecule has 1 rings (SSSR count). The maximum atomic E-state index is 9.45. The largest absolute Gasteiger partial charge is 0.504 e. The molecule has 1 N–H and O–H groups in total. The van der Waals surface area contributed by atoms with Crippen LogP contribution >= 0.6 is 0 Å². The predicted molar refractivity (Wildman–Crippen MR) is 55.0 cm³/mol. The van der Waals surface area contributed by atoms with Crippen molar-refractivity contribution >= 4 is 0 Å². The molecule has 0 saturated heterocycles. The van der Waals surface area contributed by atoms with Crippen molar-refractivity contribution in [2.75, 3.05) is 14.2 Å². The smallest absolute Gasteiger partial charge is 0.159 e. The van der Waals surface area contributed by atoms with Crippen molar-refractivity contribution in [3.05, 3.63) is 35.8 Å². The molecule has 1 aliphatic carbocycles. The van der Waals surface area contributed by atoms with Crippen molar-refractivity contribution < 1.29 is 14.6 Å². The number of aliphatic hydroxyl groups is 1. The molecule has 0 aliphatic heterocycles. The second-order valence-electron chi connectivity index (χ2n) is 3.17. The molecule has 0 heterocycles. The highest BCUT2D eigenvalue weighted by atomic mass is 16.5. The van der Waals surface area contributed by atoms with Gasteiger partial charge < -0.3 is 14.6 Å². The quantitative estimate of drug-likeness (QED) is 0.704. The highest BCUT2D eigenvalue weighted by molar-refractivity contribution is 5.32. The average molecular weight is 196 g/mol. The van der Waals surface area contributed by atoms with Crippen LogP contribution in [0.2, 0.25) is 0 Å². The molecule has 0 spiro atoms. The molecule has 78 valence electrons. The van der Waals surface area contributed by atoms with Gasteiger partial charge in [0.2, 0.25) is 0 Å². The summed E-state index contributed by atoms with van der Waals surface area (Å²) in [4.78, 5) is 0. The van der Waals surface area contributed by atoms with Crippen molar-refractivity contribution in [3.8, 4) is 0 Å². The first-order chi connectivity index (χ1) is 6.67. The van der Waals surface area contributed by atoms with Gasteiger partial charge in [-0.25, -0.2) is 0 Å². The molecule has 1 unspecified atom stereocenters. The van der Waals surface area contributed by atoms with Crippen molar-refractivity contribution in [1.82, 2.24) is 0 Å². The normalized spacial score (nSPS) is 27.4. The molecule has 0 radical (unpaired) electrons. The predicted octanol–water partition coefficient (Wildman–Crippen LogP) is 2.32. The lowest BCUT2D eigenvalue weighted by Gasteiger charge is -2.28. The fourth-order valence-electron chi connectivity index (χ4n) is 1.48. The Balaban J connectivity index is 2.99. The van der Waals surface area contributed by atoms with E-state index >= 15 is 0 Å². The van der Waals surface area contributed by atoms with E-state index in [4.69, 9.17) is 9.47 Å². The Morgan fingerprint density at radius 1 is 1.50 bits per heavy atom. The van der Waals surface area contributed by atoms with Crippen LogP contribution in [0.5, 0.6) is 0 Å². The fraction of sp³-hybridized carbons (Fsp3) is 0.455. The van der Waals surface area contributed by atoms with Crippen LogP contribution in [0.25, 0.3) is 0 Å². The van der Waals surface area contributed by atoms with Crippen LogP contribution in [-0.4, -0.2) is 24.9 Å². The molecular weight excluding hydrogens is 180 g/mol. The van der Waals surface area contributed by atoms with Crippen LogP contribution in [0.1, 0.15) is 13.3 Å². The van der Waals surface area contributed by atoms with Gasteiger partial charge >= 0.3 is 0 Å². The zero-order valence-electron chi connectivity index (χ0n) is 8.78. The van der Waals surface area contributed by atoms with Gasteiger partial charge in [0, 0.05) is 13.5 Å². The van der Waals surface area contributed by atoms with E-state index in [-0.39, 0.29) is 5.76 Å². The van der Waals surface area contributed by atoms with E-state index in [1.807, 2.05) is 19.1 Å². The zero-order chi connectivity index (χ0) is 10.6. The summed E-state index contributed by atoms with van der Waals surface area (Å²) in [6.45, 7) is 1.93. The summed E-state index contributed by atoms with van der Waals surface area (Å²) in [5.74, 6) is 0.626. The fourth-order valence-corrected chi connectivity index (χ4v) is 1.48. The van der Waals surface area contributed by atoms with Gasteiger partial charge in [0.1, 0.15) is 5.60 Å². The van der Waals surface area contributed by atoms with Crippen molar-refractivity contribution in [1.29, 1.82) is 0 Å². The molecule has 3 heteroatoms. The van der Waals surface area contributed by atoms with Gasteiger partial charge in [-0.15, -0.1) is 0 Å². The summed E-state index contributed by atoms with van der Waals surface area (Å²) in [7, 11) is 3.16. The maximum absolute atomic E-state index is 9.45. The number of hydrogen-bond acceptors (Lipinski definition) is 3. The van der Waals surface area contributed by atoms with E-state index in [0.29, 0.717) is 12.2 Å². The lowest BCUT2D eigenvalue weighted by Crippen LogP contribution is -2.28. The van der Waals surface area contributed by atoms with Gasteiger partial charge in [-0.05, 0) is 19.1 Å². The first-order valence-corrected chi connectivity index (χ1v) is 4.53. The first-order valence-electron chi connectivity index (χ1n) is 4.53. The molecule has 0 bridgehead atoms. The van der Waals surface area contributed by atoms with Gasteiger partial charge in [-0.1, -0.05) is 12.2 Å². The summed E-state index contributed by atoms with van der Waals surface area (Å²) in [6, 6.07) is 0. The Morgan fingerprint density at radius 3 is 2.71 bits per heavy atom. The monoisotopic (exact) mass is 196 g/mol. The molecule has 0 aromatic rings. The molecule has 14 heavy (non-hydrogen) atoms. The number of rotatable bonds is 3. The molecule has 1 aliphatic rings. The number of aliphatic hydroxyl groups excluding tert-OH is 1. The third kappa shape index (κ3) is 1.99. The number of methoxy groups -OCH3 is 2. The summed E-state index contributed by atoms with van der Waals surface area (Å²) in [6.07, 6.45) is 7.95. The highest BCUT2D eigenvalue weighted by Gasteiger charge is 2.28. The van der Waals surface area contributed by atoms with Crippen LogP contribution in [-0.2, 0) is 9.47 Å². The van der Waals surface area contributed by atoms with E-state index in [1.165, 1.54) is 7.11 Å². The Labute approximate surface area is 84.3 Å². The topological polar surface area (TPSA) is 38.7 Å². The lowest BCUT2D eigenvalue weighted by atomic mass is 9.93. The van der Waals surface area contributed by atoms with E-state index in [2.05, 4.69) is 0 Å². The van der Waals surface area contributed by atoms with Crippen molar-refractivity contribution in [2.45, 2.75) is 18.9 Å². The van der Waals surface area contributed by atoms with Crippen LogP contribution in [0.4, 0.5) is 0 Å². The van der Waals surface area contributed by atoms with Gasteiger partial charge in [-0.2, -0.15) is 0 Å². The molecule has 0 saturated carbocycles. The number of allylic oxidation sites excluding steroid dienone is 1. The molecule has 0 amide bonds. The Bertz CT molecular complexity index is 289. The van der Waals surface area contributed by atoms with Crippen LogP contribution < -0.4 is 0 Å². The van der Waals surface area contributed by atoms with Crippen LogP contribution in [0.3, 0.4) is 0 Å². The Kier molecular flexibility index (Phi) is 3.36. The maximum Gasteiger partial charge on any atom is 0.159 e. The van der Waals surface area contributed by atoms with Crippen LogP contribution in [0, 0.1) is 0 Å². The Hall–Kier alpha value is -1.22. The summed E-state index contributed by atoms with van der Waals surface area (Å²) >= 11 is 0. The second kappa shape index (κ2) is 4.33. The molecular formula is C11H16O3. The van der Waals surface area contributed by atoms with E-state index in [9.17, 15) is 5.11 Å². The molecule has 0 fully saturated rings.